The Labute approximate surface area is 154 Å². The summed E-state index contributed by atoms with van der Waals surface area (Å²) >= 11 is 0. The summed E-state index contributed by atoms with van der Waals surface area (Å²) in [6.45, 7) is 8.23. The maximum absolute atomic E-state index is 12.6. The van der Waals surface area contributed by atoms with E-state index in [0.29, 0.717) is 31.6 Å². The van der Waals surface area contributed by atoms with Crippen molar-refractivity contribution in [2.24, 2.45) is 5.41 Å². The molecule has 1 aliphatic rings. The summed E-state index contributed by atoms with van der Waals surface area (Å²) in [5, 5.41) is 7.19. The van der Waals surface area contributed by atoms with Crippen LogP contribution in [0.1, 0.15) is 43.1 Å². The Hall–Kier alpha value is -2.63. The van der Waals surface area contributed by atoms with Gasteiger partial charge in [-0.15, -0.1) is 0 Å². The average molecular weight is 354 g/mol. The number of amides is 2. The molecule has 2 amide bonds. The molecule has 0 radical (unpaired) electrons. The quantitative estimate of drug-likeness (QED) is 0.896. The summed E-state index contributed by atoms with van der Waals surface area (Å²) in [6.07, 6.45) is 3.99. The topological polar surface area (TPSA) is 67.2 Å². The SMILES string of the molecule is CC(C)(C)CN1CC(NC(=O)c2cccc(Cn3cccn3)c2)CC1=O. The lowest BCUT2D eigenvalue weighted by Crippen LogP contribution is -2.39. The van der Waals surface area contributed by atoms with Crippen LogP contribution in [-0.4, -0.2) is 45.6 Å². The van der Waals surface area contributed by atoms with Crippen LogP contribution in [-0.2, 0) is 11.3 Å². The van der Waals surface area contributed by atoms with Gasteiger partial charge in [0, 0.05) is 37.5 Å². The maximum Gasteiger partial charge on any atom is 0.251 e. The van der Waals surface area contributed by atoms with E-state index in [1.54, 1.807) is 12.3 Å². The fourth-order valence-electron chi connectivity index (χ4n) is 3.25. The Kier molecular flexibility index (Phi) is 5.11. The minimum Gasteiger partial charge on any atom is -0.347 e. The molecule has 0 bridgehead atoms. The molecular formula is C20H26N4O2. The molecule has 1 atom stereocenters. The highest BCUT2D eigenvalue weighted by atomic mass is 16.2. The summed E-state index contributed by atoms with van der Waals surface area (Å²) in [7, 11) is 0. The Balaban J connectivity index is 1.61. The van der Waals surface area contributed by atoms with E-state index in [1.807, 2.05) is 40.0 Å². The third-order valence-electron chi connectivity index (χ3n) is 4.31. The second-order valence-corrected chi connectivity index (χ2v) is 8.11. The van der Waals surface area contributed by atoms with Gasteiger partial charge in [0.2, 0.25) is 5.91 Å². The molecule has 1 aromatic heterocycles. The first-order valence-corrected chi connectivity index (χ1v) is 8.95. The number of nitrogens with zero attached hydrogens (tertiary/aromatic N) is 3. The first-order chi connectivity index (χ1) is 12.3. The molecule has 138 valence electrons. The van der Waals surface area contributed by atoms with Gasteiger partial charge in [-0.3, -0.25) is 14.3 Å². The van der Waals surface area contributed by atoms with Crippen LogP contribution in [0.15, 0.2) is 42.7 Å². The van der Waals surface area contributed by atoms with E-state index in [1.165, 1.54) is 0 Å². The van der Waals surface area contributed by atoms with Crippen LogP contribution in [0.5, 0.6) is 0 Å². The molecule has 3 rings (SSSR count). The predicted molar refractivity (Wildman–Crippen MR) is 99.7 cm³/mol. The lowest BCUT2D eigenvalue weighted by atomic mass is 9.96. The molecule has 1 fully saturated rings. The summed E-state index contributed by atoms with van der Waals surface area (Å²) in [6, 6.07) is 9.26. The van der Waals surface area contributed by atoms with Crippen molar-refractivity contribution in [2.45, 2.75) is 39.8 Å². The van der Waals surface area contributed by atoms with Gasteiger partial charge in [0.05, 0.1) is 12.6 Å². The highest BCUT2D eigenvalue weighted by Gasteiger charge is 2.32. The second-order valence-electron chi connectivity index (χ2n) is 8.11. The standard InChI is InChI=1S/C20H26N4O2/c1-20(2,3)14-23-13-17(11-18(23)25)22-19(26)16-7-4-6-15(10-16)12-24-9-5-8-21-24/h4-10,17H,11-14H2,1-3H3,(H,22,26). The number of hydrogen-bond acceptors (Lipinski definition) is 3. The van der Waals surface area contributed by atoms with Crippen molar-refractivity contribution in [1.29, 1.82) is 0 Å². The average Bonchev–Trinajstić information content (AvgIpc) is 3.16. The number of rotatable bonds is 5. The number of benzene rings is 1. The zero-order valence-electron chi connectivity index (χ0n) is 15.6. The number of carbonyl (C=O) groups excluding carboxylic acids is 2. The maximum atomic E-state index is 12.6. The Morgan fingerprint density at radius 1 is 1.31 bits per heavy atom. The van der Waals surface area contributed by atoms with Gasteiger partial charge in [0.1, 0.15) is 0 Å². The van der Waals surface area contributed by atoms with Crippen LogP contribution < -0.4 is 5.32 Å². The molecule has 2 aromatic rings. The van der Waals surface area contributed by atoms with E-state index in [0.717, 1.165) is 5.56 Å². The van der Waals surface area contributed by atoms with Gasteiger partial charge in [-0.05, 0) is 29.2 Å². The van der Waals surface area contributed by atoms with Crippen LogP contribution >= 0.6 is 0 Å². The van der Waals surface area contributed by atoms with Crippen molar-refractivity contribution in [3.8, 4) is 0 Å². The molecule has 1 aromatic carbocycles. The molecule has 0 spiro atoms. The molecule has 26 heavy (non-hydrogen) atoms. The third kappa shape index (κ3) is 4.71. The fraction of sp³-hybridized carbons (Fsp3) is 0.450. The first kappa shape index (κ1) is 18.2. The number of carbonyl (C=O) groups is 2. The van der Waals surface area contributed by atoms with Crippen LogP contribution in [0.25, 0.3) is 0 Å². The molecular weight excluding hydrogens is 328 g/mol. The molecule has 0 saturated carbocycles. The number of likely N-dealkylation sites (tertiary alicyclic amines) is 1. The highest BCUT2D eigenvalue weighted by Crippen LogP contribution is 2.20. The van der Waals surface area contributed by atoms with Gasteiger partial charge in [-0.2, -0.15) is 5.10 Å². The van der Waals surface area contributed by atoms with Gasteiger partial charge in [0.15, 0.2) is 0 Å². The minimum atomic E-state index is -0.136. The molecule has 1 N–H and O–H groups in total. The van der Waals surface area contributed by atoms with Gasteiger partial charge in [-0.1, -0.05) is 32.9 Å². The van der Waals surface area contributed by atoms with Crippen LogP contribution in [0.3, 0.4) is 0 Å². The first-order valence-electron chi connectivity index (χ1n) is 8.95. The van der Waals surface area contributed by atoms with E-state index >= 15 is 0 Å². The zero-order valence-corrected chi connectivity index (χ0v) is 15.6. The number of hydrogen-bond donors (Lipinski definition) is 1. The smallest absolute Gasteiger partial charge is 0.251 e. The summed E-state index contributed by atoms with van der Waals surface area (Å²) in [5.74, 6) is -0.0274. The monoisotopic (exact) mass is 354 g/mol. The molecule has 6 nitrogen and oxygen atoms in total. The van der Waals surface area contributed by atoms with Crippen molar-refractivity contribution in [2.75, 3.05) is 13.1 Å². The van der Waals surface area contributed by atoms with Crippen molar-refractivity contribution < 1.29 is 9.59 Å². The van der Waals surface area contributed by atoms with E-state index < -0.39 is 0 Å². The normalized spacial score (nSPS) is 17.6. The van der Waals surface area contributed by atoms with Gasteiger partial charge >= 0.3 is 0 Å². The molecule has 1 saturated heterocycles. The van der Waals surface area contributed by atoms with Crippen LogP contribution in [0.4, 0.5) is 0 Å². The summed E-state index contributed by atoms with van der Waals surface area (Å²) in [5.41, 5.74) is 1.67. The van der Waals surface area contributed by atoms with Crippen LogP contribution in [0.2, 0.25) is 0 Å². The van der Waals surface area contributed by atoms with Gasteiger partial charge in [0.25, 0.3) is 5.91 Å². The Bertz CT molecular complexity index is 777. The zero-order chi connectivity index (χ0) is 18.7. The largest absolute Gasteiger partial charge is 0.347 e. The summed E-state index contributed by atoms with van der Waals surface area (Å²) < 4.78 is 1.82. The summed E-state index contributed by atoms with van der Waals surface area (Å²) in [4.78, 5) is 26.6. The number of aromatic nitrogens is 2. The highest BCUT2D eigenvalue weighted by molar-refractivity contribution is 5.95. The molecule has 2 heterocycles. The van der Waals surface area contributed by atoms with Crippen molar-refractivity contribution in [1.82, 2.24) is 20.0 Å². The van der Waals surface area contributed by atoms with Crippen molar-refractivity contribution in [3.05, 3.63) is 53.9 Å². The molecule has 1 aliphatic heterocycles. The van der Waals surface area contributed by atoms with Crippen molar-refractivity contribution in [3.63, 3.8) is 0 Å². The third-order valence-corrected chi connectivity index (χ3v) is 4.31. The fourth-order valence-corrected chi connectivity index (χ4v) is 3.25. The Morgan fingerprint density at radius 2 is 2.12 bits per heavy atom. The van der Waals surface area contributed by atoms with Gasteiger partial charge in [-0.25, -0.2) is 0 Å². The van der Waals surface area contributed by atoms with E-state index in [4.69, 9.17) is 0 Å². The predicted octanol–water partition coefficient (Wildman–Crippen LogP) is 2.31. The van der Waals surface area contributed by atoms with E-state index in [9.17, 15) is 9.59 Å². The van der Waals surface area contributed by atoms with E-state index in [2.05, 4.69) is 31.2 Å². The lowest BCUT2D eigenvalue weighted by Gasteiger charge is -2.26. The van der Waals surface area contributed by atoms with Crippen molar-refractivity contribution >= 4 is 11.8 Å². The second kappa shape index (κ2) is 7.32. The molecule has 0 aliphatic carbocycles. The number of nitrogens with one attached hydrogen (secondary N) is 1. The Morgan fingerprint density at radius 3 is 2.81 bits per heavy atom. The molecule has 1 unspecified atom stereocenters. The minimum absolute atomic E-state index is 0.0510. The van der Waals surface area contributed by atoms with Gasteiger partial charge < -0.3 is 10.2 Å². The van der Waals surface area contributed by atoms with Crippen LogP contribution in [0, 0.1) is 5.41 Å². The lowest BCUT2D eigenvalue weighted by molar-refractivity contribution is -0.128. The molecule has 6 heteroatoms. The van der Waals surface area contributed by atoms with E-state index in [-0.39, 0.29) is 23.3 Å².